The highest BCUT2D eigenvalue weighted by molar-refractivity contribution is 5.74. The topological polar surface area (TPSA) is 76.1 Å². The molecule has 6 nitrogen and oxygen atoms in total. The summed E-state index contributed by atoms with van der Waals surface area (Å²) in [6.45, 7) is 6.17. The van der Waals surface area contributed by atoms with Crippen LogP contribution in [0.1, 0.15) is 33.6 Å². The van der Waals surface area contributed by atoms with Gasteiger partial charge in [0.25, 0.3) is 0 Å². The largest absolute Gasteiger partial charge is 0.481 e. The predicted octanol–water partition coefficient (Wildman–Crippen LogP) is 1.49. The van der Waals surface area contributed by atoms with Gasteiger partial charge < -0.3 is 19.5 Å². The number of fused-ring (bicyclic) bond motifs is 1. The maximum absolute atomic E-state index is 12.2. The van der Waals surface area contributed by atoms with E-state index in [0.717, 1.165) is 6.42 Å². The van der Waals surface area contributed by atoms with Crippen LogP contribution in [0.4, 0.5) is 4.79 Å². The van der Waals surface area contributed by atoms with Gasteiger partial charge in [0.2, 0.25) is 0 Å². The number of rotatable bonds is 1. The number of aliphatic carboxylic acids is 1. The molecule has 0 aliphatic carbocycles. The van der Waals surface area contributed by atoms with E-state index in [4.69, 9.17) is 14.6 Å². The van der Waals surface area contributed by atoms with Gasteiger partial charge >= 0.3 is 12.1 Å². The van der Waals surface area contributed by atoms with Crippen molar-refractivity contribution >= 4 is 12.1 Å². The van der Waals surface area contributed by atoms with Crippen LogP contribution < -0.4 is 0 Å². The lowest BCUT2D eigenvalue weighted by molar-refractivity contribution is -0.146. The number of piperidine rings is 1. The molecule has 2 rings (SSSR count). The molecule has 2 fully saturated rings. The summed E-state index contributed by atoms with van der Waals surface area (Å²) in [5, 5.41) is 9.16. The van der Waals surface area contributed by atoms with E-state index in [9.17, 15) is 9.59 Å². The molecule has 0 aromatic carbocycles. The summed E-state index contributed by atoms with van der Waals surface area (Å²) in [5.74, 6) is -1.46. The van der Waals surface area contributed by atoms with Gasteiger partial charge in [0, 0.05) is 13.2 Å². The molecular weight excluding hydrogens is 250 g/mol. The molecule has 19 heavy (non-hydrogen) atoms. The van der Waals surface area contributed by atoms with Crippen LogP contribution in [-0.4, -0.2) is 53.0 Å². The number of likely N-dealkylation sites (tertiary alicyclic amines) is 1. The van der Waals surface area contributed by atoms with Crippen molar-refractivity contribution in [1.29, 1.82) is 0 Å². The standard InChI is InChI=1S/C13H21NO5/c1-13(2,3)19-12(17)14-7-8(11(15)16)6-10-9(14)4-5-18-10/h8-10H,4-7H2,1-3H3,(H,15,16)/t8-,9-,10-/m1/s1. The molecular formula is C13H21NO5. The van der Waals surface area contributed by atoms with Crippen LogP contribution in [0, 0.1) is 5.92 Å². The second-order valence-corrected chi connectivity index (χ2v) is 6.17. The summed E-state index contributed by atoms with van der Waals surface area (Å²) in [6.07, 6.45) is 0.594. The molecule has 2 aliphatic heterocycles. The van der Waals surface area contributed by atoms with Gasteiger partial charge in [0.15, 0.2) is 0 Å². The van der Waals surface area contributed by atoms with Gasteiger partial charge in [-0.2, -0.15) is 0 Å². The number of carboxylic acid groups (broad SMARTS) is 1. The summed E-state index contributed by atoms with van der Waals surface area (Å²) < 4.78 is 10.9. The minimum absolute atomic E-state index is 0.0505. The molecule has 2 aliphatic rings. The fourth-order valence-corrected chi connectivity index (χ4v) is 2.66. The third-order valence-corrected chi connectivity index (χ3v) is 3.49. The zero-order valence-electron chi connectivity index (χ0n) is 11.6. The quantitative estimate of drug-likeness (QED) is 0.782. The fraction of sp³-hybridized carbons (Fsp3) is 0.846. The number of amides is 1. The van der Waals surface area contributed by atoms with Gasteiger partial charge in [0.1, 0.15) is 5.60 Å². The van der Waals surface area contributed by atoms with Crippen LogP contribution >= 0.6 is 0 Å². The minimum atomic E-state index is -0.887. The van der Waals surface area contributed by atoms with Gasteiger partial charge in [-0.05, 0) is 33.6 Å². The maximum Gasteiger partial charge on any atom is 0.410 e. The number of ether oxygens (including phenoxy) is 2. The first-order valence-electron chi connectivity index (χ1n) is 6.62. The van der Waals surface area contributed by atoms with Gasteiger partial charge in [-0.25, -0.2) is 4.79 Å². The number of carbonyl (C=O) groups excluding carboxylic acids is 1. The second kappa shape index (κ2) is 5.00. The van der Waals surface area contributed by atoms with E-state index in [1.54, 1.807) is 20.8 Å². The van der Waals surface area contributed by atoms with E-state index in [1.807, 2.05) is 0 Å². The molecule has 0 spiro atoms. The zero-order chi connectivity index (χ0) is 14.2. The van der Waals surface area contributed by atoms with Crippen LogP contribution in [0.15, 0.2) is 0 Å². The maximum atomic E-state index is 12.2. The average Bonchev–Trinajstić information content (AvgIpc) is 2.72. The van der Waals surface area contributed by atoms with Crippen molar-refractivity contribution in [2.45, 2.75) is 51.4 Å². The summed E-state index contributed by atoms with van der Waals surface area (Å²) in [4.78, 5) is 24.9. The van der Waals surface area contributed by atoms with E-state index in [1.165, 1.54) is 4.90 Å². The molecule has 0 aromatic rings. The van der Waals surface area contributed by atoms with E-state index in [2.05, 4.69) is 0 Å². The molecule has 6 heteroatoms. The Morgan fingerprint density at radius 3 is 2.63 bits per heavy atom. The van der Waals surface area contributed by atoms with Crippen LogP contribution in [-0.2, 0) is 14.3 Å². The van der Waals surface area contributed by atoms with Gasteiger partial charge in [0.05, 0.1) is 18.1 Å². The molecule has 0 radical (unpaired) electrons. The van der Waals surface area contributed by atoms with Crippen molar-refractivity contribution in [2.24, 2.45) is 5.92 Å². The molecule has 0 saturated carbocycles. The Balaban J connectivity index is 2.11. The molecule has 2 saturated heterocycles. The first-order chi connectivity index (χ1) is 8.78. The van der Waals surface area contributed by atoms with Crippen LogP contribution in [0.25, 0.3) is 0 Å². The fourth-order valence-electron chi connectivity index (χ4n) is 2.66. The van der Waals surface area contributed by atoms with Crippen molar-refractivity contribution in [3.63, 3.8) is 0 Å². The predicted molar refractivity (Wildman–Crippen MR) is 66.8 cm³/mol. The van der Waals surface area contributed by atoms with Gasteiger partial charge in [-0.3, -0.25) is 4.79 Å². The Kier molecular flexibility index (Phi) is 3.71. The number of hydrogen-bond donors (Lipinski definition) is 1. The summed E-state index contributed by atoms with van der Waals surface area (Å²) in [6, 6.07) is -0.0505. The average molecular weight is 271 g/mol. The third kappa shape index (κ3) is 3.18. The molecule has 2 heterocycles. The van der Waals surface area contributed by atoms with Gasteiger partial charge in [-0.15, -0.1) is 0 Å². The van der Waals surface area contributed by atoms with Crippen molar-refractivity contribution in [3.8, 4) is 0 Å². The molecule has 3 atom stereocenters. The van der Waals surface area contributed by atoms with Crippen LogP contribution in [0.5, 0.6) is 0 Å². The smallest absolute Gasteiger partial charge is 0.410 e. The summed E-state index contributed by atoms with van der Waals surface area (Å²) >= 11 is 0. The van der Waals surface area contributed by atoms with Crippen molar-refractivity contribution < 1.29 is 24.2 Å². The Labute approximate surface area is 112 Å². The highest BCUT2D eigenvalue weighted by Gasteiger charge is 2.45. The first-order valence-corrected chi connectivity index (χ1v) is 6.62. The van der Waals surface area contributed by atoms with E-state index >= 15 is 0 Å². The monoisotopic (exact) mass is 271 g/mol. The Morgan fingerprint density at radius 1 is 1.37 bits per heavy atom. The summed E-state index contributed by atoms with van der Waals surface area (Å²) in [7, 11) is 0. The molecule has 1 amide bonds. The van der Waals surface area contributed by atoms with E-state index < -0.39 is 23.6 Å². The third-order valence-electron chi connectivity index (χ3n) is 3.49. The Hall–Kier alpha value is -1.30. The van der Waals surface area contributed by atoms with Crippen LogP contribution in [0.2, 0.25) is 0 Å². The minimum Gasteiger partial charge on any atom is -0.481 e. The Bertz CT molecular complexity index is 376. The molecule has 0 unspecified atom stereocenters. The zero-order valence-corrected chi connectivity index (χ0v) is 11.6. The lowest BCUT2D eigenvalue weighted by Gasteiger charge is -2.39. The molecule has 0 bridgehead atoms. The van der Waals surface area contributed by atoms with Crippen LogP contribution in [0.3, 0.4) is 0 Å². The summed E-state index contributed by atoms with van der Waals surface area (Å²) in [5.41, 5.74) is -0.581. The molecule has 1 N–H and O–H groups in total. The lowest BCUT2D eigenvalue weighted by atomic mass is 9.90. The van der Waals surface area contributed by atoms with Crippen molar-refractivity contribution in [3.05, 3.63) is 0 Å². The highest BCUT2D eigenvalue weighted by Crippen LogP contribution is 2.32. The first kappa shape index (κ1) is 14.1. The normalized spacial score (nSPS) is 30.9. The molecule has 0 aromatic heterocycles. The lowest BCUT2D eigenvalue weighted by Crippen LogP contribution is -2.54. The van der Waals surface area contributed by atoms with Crippen molar-refractivity contribution in [2.75, 3.05) is 13.2 Å². The SMILES string of the molecule is CC(C)(C)OC(=O)N1C[C@H](C(=O)O)C[C@H]2OCC[C@H]21. The van der Waals surface area contributed by atoms with E-state index in [0.29, 0.717) is 13.0 Å². The van der Waals surface area contributed by atoms with Crippen molar-refractivity contribution in [1.82, 2.24) is 4.90 Å². The highest BCUT2D eigenvalue weighted by atomic mass is 16.6. The number of nitrogens with zero attached hydrogens (tertiary/aromatic N) is 1. The number of hydrogen-bond acceptors (Lipinski definition) is 4. The number of carboxylic acids is 1. The number of carbonyl (C=O) groups is 2. The van der Waals surface area contributed by atoms with E-state index in [-0.39, 0.29) is 18.7 Å². The van der Waals surface area contributed by atoms with Gasteiger partial charge in [-0.1, -0.05) is 0 Å². The second-order valence-electron chi connectivity index (χ2n) is 6.17. The molecule has 108 valence electrons. The Morgan fingerprint density at radius 2 is 2.05 bits per heavy atom.